The first kappa shape index (κ1) is 9.33. The van der Waals surface area contributed by atoms with Crippen LogP contribution in [-0.2, 0) is 0 Å². The van der Waals surface area contributed by atoms with Crippen LogP contribution in [0.5, 0.6) is 0 Å². The summed E-state index contributed by atoms with van der Waals surface area (Å²) < 4.78 is 0. The van der Waals surface area contributed by atoms with Gasteiger partial charge in [0, 0.05) is 5.56 Å². The Labute approximate surface area is 92.2 Å². The van der Waals surface area contributed by atoms with Crippen molar-refractivity contribution in [3.05, 3.63) is 45.6 Å². The predicted molar refractivity (Wildman–Crippen MR) is 62.7 cm³/mol. The minimum atomic E-state index is 0.635. The molecule has 2 aromatic rings. The summed E-state index contributed by atoms with van der Waals surface area (Å²) in [7, 11) is 0. The minimum Gasteiger partial charge on any atom is -0.152 e. The summed E-state index contributed by atoms with van der Waals surface area (Å²) in [6.45, 7) is 0. The largest absolute Gasteiger partial charge is 0.152 e. The zero-order chi connectivity index (χ0) is 9.97. The summed E-state index contributed by atoms with van der Waals surface area (Å²) in [5, 5.41) is 4.76. The van der Waals surface area contributed by atoms with Crippen LogP contribution >= 0.6 is 22.9 Å². The van der Waals surface area contributed by atoms with E-state index in [9.17, 15) is 0 Å². The Morgan fingerprint density at radius 3 is 2.64 bits per heavy atom. The quantitative estimate of drug-likeness (QED) is 0.634. The molecule has 0 saturated heterocycles. The van der Waals surface area contributed by atoms with Crippen molar-refractivity contribution < 1.29 is 0 Å². The van der Waals surface area contributed by atoms with Crippen LogP contribution in [0.25, 0.3) is 11.1 Å². The van der Waals surface area contributed by atoms with E-state index in [4.69, 9.17) is 18.0 Å². The second kappa shape index (κ2) is 3.88. The Kier molecular flexibility index (Phi) is 2.58. The van der Waals surface area contributed by atoms with Crippen molar-refractivity contribution in [3.63, 3.8) is 0 Å². The minimum absolute atomic E-state index is 0.635. The molecule has 0 bridgehead atoms. The number of hydrogen-bond donors (Lipinski definition) is 0. The molecule has 14 heavy (non-hydrogen) atoms. The molecule has 0 nitrogen and oxygen atoms in total. The molecule has 0 amide bonds. The number of hydrogen-bond acceptors (Lipinski definition) is 1. The predicted octanol–water partition coefficient (Wildman–Crippen LogP) is 4.05. The van der Waals surface area contributed by atoms with Gasteiger partial charge in [0.2, 0.25) is 0 Å². The van der Waals surface area contributed by atoms with Gasteiger partial charge in [-0.15, -0.1) is 6.42 Å². The monoisotopic (exact) mass is 218 g/mol. The van der Waals surface area contributed by atoms with E-state index in [-0.39, 0.29) is 0 Å². The van der Waals surface area contributed by atoms with Gasteiger partial charge in [-0.2, -0.15) is 11.3 Å². The van der Waals surface area contributed by atoms with E-state index in [0.717, 1.165) is 11.1 Å². The molecule has 0 aliphatic rings. The molecule has 1 aromatic heterocycles. The van der Waals surface area contributed by atoms with E-state index in [2.05, 4.69) is 17.4 Å². The molecule has 0 fully saturated rings. The van der Waals surface area contributed by atoms with Crippen molar-refractivity contribution in [1.29, 1.82) is 0 Å². The van der Waals surface area contributed by atoms with Crippen molar-refractivity contribution in [2.24, 2.45) is 0 Å². The lowest BCUT2D eigenvalue weighted by molar-refractivity contribution is 1.63. The normalized spacial score (nSPS) is 9.71. The van der Waals surface area contributed by atoms with E-state index in [1.165, 1.54) is 5.56 Å². The molecule has 0 saturated carbocycles. The highest BCUT2D eigenvalue weighted by Crippen LogP contribution is 2.26. The van der Waals surface area contributed by atoms with Crippen LogP contribution in [-0.4, -0.2) is 0 Å². The zero-order valence-corrected chi connectivity index (χ0v) is 8.90. The fourth-order valence-corrected chi connectivity index (χ4v) is 2.14. The summed E-state index contributed by atoms with van der Waals surface area (Å²) in [4.78, 5) is 0. The topological polar surface area (TPSA) is 0 Å². The Morgan fingerprint density at radius 1 is 1.21 bits per heavy atom. The molecule has 1 heterocycles. The molecular weight excluding hydrogens is 212 g/mol. The highest BCUT2D eigenvalue weighted by Gasteiger charge is 2.01. The first-order valence-electron chi connectivity index (χ1n) is 4.10. The molecule has 2 heteroatoms. The molecule has 2 rings (SSSR count). The first-order valence-corrected chi connectivity index (χ1v) is 5.42. The number of terminal acetylenes is 1. The van der Waals surface area contributed by atoms with Gasteiger partial charge in [-0.25, -0.2) is 0 Å². The molecule has 0 spiro atoms. The summed E-state index contributed by atoms with van der Waals surface area (Å²) in [5.41, 5.74) is 3.03. The molecule has 1 aromatic carbocycles. The van der Waals surface area contributed by atoms with Crippen LogP contribution in [0.2, 0.25) is 5.02 Å². The highest BCUT2D eigenvalue weighted by molar-refractivity contribution is 7.08. The van der Waals surface area contributed by atoms with Crippen molar-refractivity contribution in [2.75, 3.05) is 0 Å². The fourth-order valence-electron chi connectivity index (χ4n) is 1.24. The van der Waals surface area contributed by atoms with Gasteiger partial charge in [0.25, 0.3) is 0 Å². The third kappa shape index (κ3) is 1.68. The summed E-state index contributed by atoms with van der Waals surface area (Å²) in [6.07, 6.45) is 5.29. The van der Waals surface area contributed by atoms with E-state index in [1.807, 2.05) is 23.6 Å². The van der Waals surface area contributed by atoms with Crippen LogP contribution < -0.4 is 0 Å². The van der Waals surface area contributed by atoms with E-state index >= 15 is 0 Å². The number of halogens is 1. The summed E-state index contributed by atoms with van der Waals surface area (Å²) in [6, 6.07) is 7.82. The van der Waals surface area contributed by atoms with E-state index in [0.29, 0.717) is 5.02 Å². The molecule has 0 aliphatic carbocycles. The molecule has 0 atom stereocenters. The standard InChI is InChI=1S/C12H7ClS/c1-2-9-3-4-10(7-12(9)13)11-5-6-14-8-11/h1,3-8H. The van der Waals surface area contributed by atoms with Crippen LogP contribution in [0.4, 0.5) is 0 Å². The van der Waals surface area contributed by atoms with Crippen LogP contribution in [0.15, 0.2) is 35.0 Å². The lowest BCUT2D eigenvalue weighted by atomic mass is 10.1. The Hall–Kier alpha value is -1.23. The second-order valence-electron chi connectivity index (χ2n) is 2.85. The molecule has 0 N–H and O–H groups in total. The summed E-state index contributed by atoms with van der Waals surface area (Å²) in [5.74, 6) is 2.54. The molecular formula is C12H7ClS. The second-order valence-corrected chi connectivity index (χ2v) is 4.04. The third-order valence-corrected chi connectivity index (χ3v) is 2.98. The average Bonchev–Trinajstić information content (AvgIpc) is 2.70. The SMILES string of the molecule is C#Cc1ccc(-c2ccsc2)cc1Cl. The highest BCUT2D eigenvalue weighted by atomic mass is 35.5. The number of rotatable bonds is 1. The fraction of sp³-hybridized carbons (Fsp3) is 0. The van der Waals surface area contributed by atoms with Crippen molar-refractivity contribution in [1.82, 2.24) is 0 Å². The Bertz CT molecular complexity index is 478. The van der Waals surface area contributed by atoms with Gasteiger partial charge in [-0.05, 0) is 40.1 Å². The van der Waals surface area contributed by atoms with Crippen molar-refractivity contribution in [2.45, 2.75) is 0 Å². The van der Waals surface area contributed by atoms with Gasteiger partial charge in [0.15, 0.2) is 0 Å². The van der Waals surface area contributed by atoms with E-state index in [1.54, 1.807) is 11.3 Å². The lowest BCUT2D eigenvalue weighted by Gasteiger charge is -2.00. The molecule has 68 valence electrons. The van der Waals surface area contributed by atoms with Gasteiger partial charge >= 0.3 is 0 Å². The maximum Gasteiger partial charge on any atom is 0.0568 e. The summed E-state index contributed by atoms with van der Waals surface area (Å²) >= 11 is 7.67. The molecule has 0 aliphatic heterocycles. The van der Waals surface area contributed by atoms with Gasteiger partial charge in [0.1, 0.15) is 0 Å². The van der Waals surface area contributed by atoms with Gasteiger partial charge < -0.3 is 0 Å². The van der Waals surface area contributed by atoms with E-state index < -0.39 is 0 Å². The lowest BCUT2D eigenvalue weighted by Crippen LogP contribution is -1.78. The zero-order valence-electron chi connectivity index (χ0n) is 7.33. The van der Waals surface area contributed by atoms with Gasteiger partial charge in [0.05, 0.1) is 5.02 Å². The van der Waals surface area contributed by atoms with Crippen LogP contribution in [0, 0.1) is 12.3 Å². The smallest absolute Gasteiger partial charge is 0.0568 e. The van der Waals surface area contributed by atoms with Crippen LogP contribution in [0.3, 0.4) is 0 Å². The van der Waals surface area contributed by atoms with Gasteiger partial charge in [-0.3, -0.25) is 0 Å². The average molecular weight is 219 g/mol. The Balaban J connectivity index is 2.49. The van der Waals surface area contributed by atoms with Crippen molar-refractivity contribution >= 4 is 22.9 Å². The Morgan fingerprint density at radius 2 is 2.07 bits per heavy atom. The van der Waals surface area contributed by atoms with Crippen molar-refractivity contribution in [3.8, 4) is 23.5 Å². The van der Waals surface area contributed by atoms with Crippen LogP contribution in [0.1, 0.15) is 5.56 Å². The number of benzene rings is 1. The maximum absolute atomic E-state index is 6.01. The molecule has 0 unspecified atom stereocenters. The number of thiophene rings is 1. The first-order chi connectivity index (χ1) is 6.81. The third-order valence-electron chi connectivity index (χ3n) is 1.98. The maximum atomic E-state index is 6.01. The van der Waals surface area contributed by atoms with Gasteiger partial charge in [-0.1, -0.05) is 23.6 Å². The molecule has 0 radical (unpaired) electrons.